The van der Waals surface area contributed by atoms with Gasteiger partial charge >= 0.3 is 9.28 Å². The molecular formula is C14H35NO2Si. The molecule has 0 aromatic carbocycles. The quantitative estimate of drug-likeness (QED) is 0.571. The van der Waals surface area contributed by atoms with Crippen molar-refractivity contribution in [2.24, 2.45) is 0 Å². The molecule has 0 aromatic heterocycles. The highest BCUT2D eigenvalue weighted by atomic mass is 28.3. The Morgan fingerprint density at radius 3 is 1.50 bits per heavy atom. The molecule has 0 atom stereocenters. The minimum atomic E-state index is -1.20. The van der Waals surface area contributed by atoms with Crippen molar-refractivity contribution < 1.29 is 8.85 Å². The van der Waals surface area contributed by atoms with Gasteiger partial charge in [0.1, 0.15) is 0 Å². The zero-order valence-corrected chi connectivity index (χ0v) is 14.7. The summed E-state index contributed by atoms with van der Waals surface area (Å²) in [6, 6.07) is 0. The third-order valence-corrected chi connectivity index (χ3v) is 4.20. The standard InChI is InChI=1S/C9H21N.C5H14O2Si/c1-4-6-8-10(3)9-7-5-2;1-4-6-8(3)7-5-2/h4-9H2,1-3H3;8H,4-5H2,1-3H3. The molecule has 0 radical (unpaired) electrons. The maximum atomic E-state index is 5.20. The normalized spacial score (nSPS) is 10.7. The van der Waals surface area contributed by atoms with Gasteiger partial charge in [-0.05, 0) is 53.4 Å². The van der Waals surface area contributed by atoms with E-state index < -0.39 is 9.28 Å². The lowest BCUT2D eigenvalue weighted by atomic mass is 10.3. The van der Waals surface area contributed by atoms with E-state index in [1.54, 1.807) is 0 Å². The van der Waals surface area contributed by atoms with Crippen LogP contribution < -0.4 is 0 Å². The van der Waals surface area contributed by atoms with Crippen LogP contribution in [-0.2, 0) is 8.85 Å². The fourth-order valence-electron chi connectivity index (χ4n) is 1.49. The van der Waals surface area contributed by atoms with Crippen molar-refractivity contribution in [3.8, 4) is 0 Å². The van der Waals surface area contributed by atoms with E-state index in [-0.39, 0.29) is 0 Å². The number of hydrogen-bond acceptors (Lipinski definition) is 3. The van der Waals surface area contributed by atoms with Crippen LogP contribution in [0.5, 0.6) is 0 Å². The van der Waals surface area contributed by atoms with E-state index in [9.17, 15) is 0 Å². The first-order chi connectivity index (χ1) is 8.62. The van der Waals surface area contributed by atoms with Gasteiger partial charge in [-0.2, -0.15) is 0 Å². The lowest BCUT2D eigenvalue weighted by Crippen LogP contribution is -2.20. The number of unbranched alkanes of at least 4 members (excludes halogenated alkanes) is 2. The predicted molar refractivity (Wildman–Crippen MR) is 83.6 cm³/mol. The van der Waals surface area contributed by atoms with E-state index in [4.69, 9.17) is 8.85 Å². The highest BCUT2D eigenvalue weighted by molar-refractivity contribution is 6.42. The minimum Gasteiger partial charge on any atom is -0.397 e. The van der Waals surface area contributed by atoms with Gasteiger partial charge in [0.2, 0.25) is 0 Å². The molecule has 0 amide bonds. The molecule has 0 bridgehead atoms. The Bertz CT molecular complexity index is 134. The zero-order valence-electron chi connectivity index (χ0n) is 13.5. The molecule has 3 nitrogen and oxygen atoms in total. The lowest BCUT2D eigenvalue weighted by molar-refractivity contribution is 0.219. The summed E-state index contributed by atoms with van der Waals surface area (Å²) >= 11 is 0. The summed E-state index contributed by atoms with van der Waals surface area (Å²) in [6.07, 6.45) is 5.33. The molecule has 0 aliphatic heterocycles. The highest BCUT2D eigenvalue weighted by Gasteiger charge is 1.99. The second-order valence-corrected chi connectivity index (χ2v) is 6.29. The van der Waals surface area contributed by atoms with E-state index in [2.05, 4.69) is 25.8 Å². The molecule has 0 saturated heterocycles. The average molecular weight is 278 g/mol. The second-order valence-electron chi connectivity index (χ2n) is 4.49. The van der Waals surface area contributed by atoms with Crippen LogP contribution in [0.3, 0.4) is 0 Å². The maximum Gasteiger partial charge on any atom is 0.318 e. The monoisotopic (exact) mass is 277 g/mol. The third kappa shape index (κ3) is 18.5. The van der Waals surface area contributed by atoms with E-state index in [0.29, 0.717) is 0 Å². The molecule has 0 spiro atoms. The predicted octanol–water partition coefficient (Wildman–Crippen LogP) is 3.43. The Hall–Kier alpha value is 0.0969. The molecule has 112 valence electrons. The SMILES string of the molecule is CCCCN(C)CCCC.CCO[SiH](C)OCC. The van der Waals surface area contributed by atoms with E-state index in [1.165, 1.54) is 38.8 Å². The zero-order chi connectivity index (χ0) is 14.2. The van der Waals surface area contributed by atoms with Crippen molar-refractivity contribution in [3.05, 3.63) is 0 Å². The molecule has 0 unspecified atom stereocenters. The van der Waals surface area contributed by atoms with Crippen LogP contribution in [0.15, 0.2) is 0 Å². The molecule has 0 aliphatic carbocycles. The Morgan fingerprint density at radius 2 is 1.22 bits per heavy atom. The van der Waals surface area contributed by atoms with Crippen molar-refractivity contribution in [1.29, 1.82) is 0 Å². The topological polar surface area (TPSA) is 21.7 Å². The van der Waals surface area contributed by atoms with E-state index in [0.717, 1.165) is 13.2 Å². The van der Waals surface area contributed by atoms with Gasteiger partial charge in [-0.15, -0.1) is 0 Å². The van der Waals surface area contributed by atoms with Gasteiger partial charge in [-0.25, -0.2) is 0 Å². The lowest BCUT2D eigenvalue weighted by Gasteiger charge is -2.14. The fourth-order valence-corrected chi connectivity index (χ4v) is 2.52. The highest BCUT2D eigenvalue weighted by Crippen LogP contribution is 1.94. The van der Waals surface area contributed by atoms with Crippen LogP contribution >= 0.6 is 0 Å². The summed E-state index contributed by atoms with van der Waals surface area (Å²) in [5.41, 5.74) is 0. The van der Waals surface area contributed by atoms with Crippen molar-refractivity contribution in [3.63, 3.8) is 0 Å². The van der Waals surface area contributed by atoms with Gasteiger partial charge in [0, 0.05) is 13.2 Å². The maximum absolute atomic E-state index is 5.20. The fraction of sp³-hybridized carbons (Fsp3) is 1.00. The molecule has 0 fully saturated rings. The minimum absolute atomic E-state index is 0.785. The Kier molecular flexibility index (Phi) is 19.4. The molecule has 0 aromatic rings. The molecule has 4 heteroatoms. The average Bonchev–Trinajstić information content (AvgIpc) is 2.35. The van der Waals surface area contributed by atoms with Crippen molar-refractivity contribution in [2.75, 3.05) is 33.4 Å². The number of hydrogen-bond donors (Lipinski definition) is 0. The van der Waals surface area contributed by atoms with Gasteiger partial charge in [-0.3, -0.25) is 0 Å². The van der Waals surface area contributed by atoms with Crippen LogP contribution in [0.2, 0.25) is 6.55 Å². The van der Waals surface area contributed by atoms with Crippen LogP contribution in [0.4, 0.5) is 0 Å². The third-order valence-electron chi connectivity index (χ3n) is 2.59. The summed E-state index contributed by atoms with van der Waals surface area (Å²) in [6.45, 7) is 14.6. The first-order valence-electron chi connectivity index (χ1n) is 7.53. The Morgan fingerprint density at radius 1 is 0.833 bits per heavy atom. The number of rotatable bonds is 10. The van der Waals surface area contributed by atoms with Crippen molar-refractivity contribution in [2.45, 2.75) is 59.9 Å². The van der Waals surface area contributed by atoms with Crippen LogP contribution in [0, 0.1) is 0 Å². The van der Waals surface area contributed by atoms with Crippen molar-refractivity contribution >= 4 is 9.28 Å². The Labute approximate surface area is 117 Å². The molecule has 0 aliphatic rings. The number of nitrogens with zero attached hydrogens (tertiary/aromatic N) is 1. The van der Waals surface area contributed by atoms with Gasteiger partial charge < -0.3 is 13.8 Å². The Balaban J connectivity index is 0. The van der Waals surface area contributed by atoms with Gasteiger partial charge in [0.15, 0.2) is 0 Å². The second kappa shape index (κ2) is 17.1. The van der Waals surface area contributed by atoms with Crippen LogP contribution in [0.25, 0.3) is 0 Å². The molecule has 0 rings (SSSR count). The summed E-state index contributed by atoms with van der Waals surface area (Å²) in [7, 11) is 1.01. The van der Waals surface area contributed by atoms with E-state index >= 15 is 0 Å². The van der Waals surface area contributed by atoms with E-state index in [1.807, 2.05) is 20.4 Å². The smallest absolute Gasteiger partial charge is 0.318 e. The summed E-state index contributed by atoms with van der Waals surface area (Å²) in [4.78, 5) is 2.42. The largest absolute Gasteiger partial charge is 0.397 e. The van der Waals surface area contributed by atoms with Gasteiger partial charge in [0.05, 0.1) is 0 Å². The molecule has 0 N–H and O–H groups in total. The van der Waals surface area contributed by atoms with Gasteiger partial charge in [0.25, 0.3) is 0 Å². The summed E-state index contributed by atoms with van der Waals surface area (Å²) in [5.74, 6) is 0. The molecular weight excluding hydrogens is 242 g/mol. The van der Waals surface area contributed by atoms with Crippen molar-refractivity contribution in [1.82, 2.24) is 4.90 Å². The summed E-state index contributed by atoms with van der Waals surface area (Å²) in [5, 5.41) is 0. The van der Waals surface area contributed by atoms with Crippen LogP contribution in [0.1, 0.15) is 53.4 Å². The molecule has 0 saturated carbocycles. The first kappa shape index (κ1) is 20.4. The van der Waals surface area contributed by atoms with Gasteiger partial charge in [-0.1, -0.05) is 26.7 Å². The first-order valence-corrected chi connectivity index (χ1v) is 9.63. The van der Waals surface area contributed by atoms with Crippen LogP contribution in [-0.4, -0.2) is 47.5 Å². The molecule has 0 heterocycles. The summed E-state index contributed by atoms with van der Waals surface area (Å²) < 4.78 is 10.4. The molecule has 18 heavy (non-hydrogen) atoms.